The van der Waals surface area contributed by atoms with E-state index in [4.69, 9.17) is 0 Å². The largest absolute Gasteiger partial charge is 0.207 e. The van der Waals surface area contributed by atoms with Gasteiger partial charge in [-0.05, 0) is 109 Å². The summed E-state index contributed by atoms with van der Waals surface area (Å²) in [6, 6.07) is 13.8. The minimum Gasteiger partial charge on any atom is -0.207 e. The van der Waals surface area contributed by atoms with E-state index in [1.54, 1.807) is 18.2 Å². The van der Waals surface area contributed by atoms with Crippen LogP contribution in [0, 0.1) is 29.1 Å². The Kier molecular flexibility index (Phi) is 4.51. The van der Waals surface area contributed by atoms with Crippen LogP contribution in [0.15, 0.2) is 53.0 Å². The van der Waals surface area contributed by atoms with Crippen LogP contribution in [0.25, 0.3) is 32.7 Å². The highest BCUT2D eigenvalue weighted by Gasteiger charge is 2.18. The van der Waals surface area contributed by atoms with Gasteiger partial charge >= 0.3 is 0 Å². The lowest BCUT2D eigenvalue weighted by molar-refractivity contribution is 0.629. The number of hydrogen-bond donors (Lipinski definition) is 0. The molecule has 4 aromatic rings. The molecule has 0 aliphatic carbocycles. The standard InChI is InChI=1S/C22H14BrF2I/c1-11-7-14-4-6-16(25)10-18(14)21(23)19(11)20-17-9-15(24)5-3-13(17)8-12(2)22(20)26/h3-10H,1-2H3. The highest BCUT2D eigenvalue weighted by Crippen LogP contribution is 2.43. The number of fused-ring (bicyclic) bond motifs is 2. The summed E-state index contributed by atoms with van der Waals surface area (Å²) in [5.41, 5.74) is 4.15. The van der Waals surface area contributed by atoms with E-state index >= 15 is 0 Å². The Hall–Kier alpha value is -1.53. The summed E-state index contributed by atoms with van der Waals surface area (Å²) in [6.45, 7) is 4.09. The molecule has 0 unspecified atom stereocenters. The van der Waals surface area contributed by atoms with Gasteiger partial charge in [-0.25, -0.2) is 8.78 Å². The molecule has 0 aliphatic rings. The van der Waals surface area contributed by atoms with E-state index in [1.165, 1.54) is 18.2 Å². The summed E-state index contributed by atoms with van der Waals surface area (Å²) < 4.78 is 29.7. The zero-order chi connectivity index (χ0) is 18.6. The molecule has 0 nitrogen and oxygen atoms in total. The molecule has 0 heterocycles. The molecule has 130 valence electrons. The summed E-state index contributed by atoms with van der Waals surface area (Å²) in [7, 11) is 0. The van der Waals surface area contributed by atoms with Crippen molar-refractivity contribution in [2.75, 3.05) is 0 Å². The van der Waals surface area contributed by atoms with Crippen molar-refractivity contribution in [1.82, 2.24) is 0 Å². The second kappa shape index (κ2) is 6.57. The van der Waals surface area contributed by atoms with Gasteiger partial charge in [0.2, 0.25) is 0 Å². The maximum absolute atomic E-state index is 14.0. The fraction of sp³-hybridized carbons (Fsp3) is 0.0909. The zero-order valence-electron chi connectivity index (χ0n) is 14.1. The van der Waals surface area contributed by atoms with Crippen LogP contribution in [0.3, 0.4) is 0 Å². The average molecular weight is 523 g/mol. The van der Waals surface area contributed by atoms with Gasteiger partial charge < -0.3 is 0 Å². The molecular weight excluding hydrogens is 509 g/mol. The Bertz CT molecular complexity index is 1200. The van der Waals surface area contributed by atoms with Gasteiger partial charge in [0.25, 0.3) is 0 Å². The lowest BCUT2D eigenvalue weighted by atomic mass is 9.91. The molecule has 4 aromatic carbocycles. The number of aryl methyl sites for hydroxylation is 2. The Morgan fingerprint density at radius 2 is 1.27 bits per heavy atom. The molecular formula is C22H14BrF2I. The average Bonchev–Trinajstić information content (AvgIpc) is 2.59. The number of benzene rings is 4. The molecule has 0 amide bonds. The first kappa shape index (κ1) is 17.9. The molecule has 0 aromatic heterocycles. The lowest BCUT2D eigenvalue weighted by Crippen LogP contribution is -1.95. The van der Waals surface area contributed by atoms with E-state index in [-0.39, 0.29) is 11.6 Å². The SMILES string of the molecule is Cc1cc2ccc(F)cc2c(-c2c(C)cc3ccc(F)cc3c2Br)c1I. The minimum atomic E-state index is -0.275. The summed E-state index contributed by atoms with van der Waals surface area (Å²) in [6.07, 6.45) is 0. The first-order valence-corrected chi connectivity index (χ1v) is 10.0. The number of rotatable bonds is 1. The Labute approximate surface area is 172 Å². The Balaban J connectivity index is 2.20. The van der Waals surface area contributed by atoms with Gasteiger partial charge in [-0.3, -0.25) is 0 Å². The van der Waals surface area contributed by atoms with Crippen LogP contribution in [0.1, 0.15) is 11.1 Å². The monoisotopic (exact) mass is 522 g/mol. The molecule has 0 N–H and O–H groups in total. The van der Waals surface area contributed by atoms with Crippen molar-refractivity contribution in [1.29, 1.82) is 0 Å². The minimum absolute atomic E-state index is 0.265. The van der Waals surface area contributed by atoms with Crippen LogP contribution in [0.5, 0.6) is 0 Å². The van der Waals surface area contributed by atoms with Crippen molar-refractivity contribution >= 4 is 60.1 Å². The van der Waals surface area contributed by atoms with Gasteiger partial charge in [0.05, 0.1) is 0 Å². The summed E-state index contributed by atoms with van der Waals surface area (Å²) >= 11 is 6.02. The van der Waals surface area contributed by atoms with Gasteiger partial charge in [0.15, 0.2) is 0 Å². The first-order chi connectivity index (χ1) is 12.4. The molecule has 4 heteroatoms. The molecule has 0 aliphatic heterocycles. The molecule has 0 fully saturated rings. The van der Waals surface area contributed by atoms with Gasteiger partial charge in [-0.2, -0.15) is 0 Å². The van der Waals surface area contributed by atoms with Crippen LogP contribution in [-0.4, -0.2) is 0 Å². The fourth-order valence-electron chi connectivity index (χ4n) is 3.49. The van der Waals surface area contributed by atoms with Crippen molar-refractivity contribution in [2.24, 2.45) is 0 Å². The predicted molar refractivity (Wildman–Crippen MR) is 117 cm³/mol. The van der Waals surface area contributed by atoms with E-state index in [1.807, 2.05) is 6.92 Å². The molecule has 0 atom stereocenters. The van der Waals surface area contributed by atoms with Crippen LogP contribution in [0.4, 0.5) is 8.78 Å². The van der Waals surface area contributed by atoms with Crippen LogP contribution >= 0.6 is 38.5 Å². The molecule has 4 rings (SSSR count). The van der Waals surface area contributed by atoms with Crippen molar-refractivity contribution in [3.8, 4) is 11.1 Å². The van der Waals surface area contributed by atoms with E-state index in [2.05, 4.69) is 57.6 Å². The van der Waals surface area contributed by atoms with Crippen molar-refractivity contribution in [3.63, 3.8) is 0 Å². The molecule has 0 saturated carbocycles. The summed E-state index contributed by atoms with van der Waals surface area (Å²) in [4.78, 5) is 0. The second-order valence-electron chi connectivity index (χ2n) is 6.50. The van der Waals surface area contributed by atoms with Crippen molar-refractivity contribution < 1.29 is 8.78 Å². The molecule has 26 heavy (non-hydrogen) atoms. The molecule has 0 radical (unpaired) electrons. The Morgan fingerprint density at radius 1 is 0.731 bits per heavy atom. The van der Waals surface area contributed by atoms with Crippen LogP contribution < -0.4 is 0 Å². The molecule has 0 bridgehead atoms. The van der Waals surface area contributed by atoms with E-state index in [0.717, 1.165) is 51.8 Å². The number of halogens is 4. The third kappa shape index (κ3) is 2.83. The smallest absolute Gasteiger partial charge is 0.123 e. The third-order valence-corrected chi connectivity index (χ3v) is 6.92. The maximum atomic E-state index is 14.0. The molecule has 0 saturated heterocycles. The topological polar surface area (TPSA) is 0 Å². The van der Waals surface area contributed by atoms with E-state index in [9.17, 15) is 8.78 Å². The van der Waals surface area contributed by atoms with Crippen LogP contribution in [-0.2, 0) is 0 Å². The second-order valence-corrected chi connectivity index (χ2v) is 8.37. The normalized spacial score (nSPS) is 11.5. The van der Waals surface area contributed by atoms with Gasteiger partial charge in [0, 0.05) is 19.2 Å². The maximum Gasteiger partial charge on any atom is 0.123 e. The highest BCUT2D eigenvalue weighted by atomic mass is 127. The van der Waals surface area contributed by atoms with Crippen molar-refractivity contribution in [2.45, 2.75) is 13.8 Å². The third-order valence-electron chi connectivity index (χ3n) is 4.71. The van der Waals surface area contributed by atoms with E-state index in [0.29, 0.717) is 0 Å². The van der Waals surface area contributed by atoms with Crippen LogP contribution in [0.2, 0.25) is 0 Å². The quantitative estimate of drug-likeness (QED) is 0.223. The predicted octanol–water partition coefficient (Wildman–Crippen LogP) is 7.92. The van der Waals surface area contributed by atoms with Gasteiger partial charge in [-0.15, -0.1) is 0 Å². The van der Waals surface area contributed by atoms with E-state index < -0.39 is 0 Å². The summed E-state index contributed by atoms with van der Waals surface area (Å²) in [5.74, 6) is -0.540. The number of hydrogen-bond acceptors (Lipinski definition) is 0. The Morgan fingerprint density at radius 3 is 1.92 bits per heavy atom. The van der Waals surface area contributed by atoms with Gasteiger partial charge in [-0.1, -0.05) is 24.3 Å². The lowest BCUT2D eigenvalue weighted by Gasteiger charge is -2.18. The highest BCUT2D eigenvalue weighted by molar-refractivity contribution is 14.1. The summed E-state index contributed by atoms with van der Waals surface area (Å²) in [5, 5.41) is 3.63. The zero-order valence-corrected chi connectivity index (χ0v) is 17.9. The fourth-order valence-corrected chi connectivity index (χ4v) is 5.06. The van der Waals surface area contributed by atoms with Crippen molar-refractivity contribution in [3.05, 3.63) is 79.3 Å². The van der Waals surface area contributed by atoms with Gasteiger partial charge in [0.1, 0.15) is 11.6 Å². The molecule has 0 spiro atoms. The first-order valence-electron chi connectivity index (χ1n) is 8.14.